The van der Waals surface area contributed by atoms with Crippen molar-refractivity contribution in [2.75, 3.05) is 18.9 Å². The number of carbonyl (C=O) groups excluding carboxylic acids is 1. The second kappa shape index (κ2) is 6.78. The third-order valence-electron chi connectivity index (χ3n) is 2.22. The molecular formula is C13H19NO3. The number of esters is 1. The van der Waals surface area contributed by atoms with Crippen molar-refractivity contribution >= 4 is 11.7 Å². The maximum absolute atomic E-state index is 11.3. The standard InChI is InChI=1S/C13H19NO3/c1-10(2)7-8-16-13(15)9-17-12-6-4-3-5-11(12)14/h3-6,10H,7-9,14H2,1-2H3. The first-order valence-electron chi connectivity index (χ1n) is 5.72. The zero-order chi connectivity index (χ0) is 12.7. The number of carbonyl (C=O) groups is 1. The van der Waals surface area contributed by atoms with E-state index in [4.69, 9.17) is 15.2 Å². The number of para-hydroxylation sites is 2. The maximum atomic E-state index is 11.3. The van der Waals surface area contributed by atoms with Crippen molar-refractivity contribution in [3.63, 3.8) is 0 Å². The molecule has 1 aromatic rings. The summed E-state index contributed by atoms with van der Waals surface area (Å²) in [6.45, 7) is 4.49. The topological polar surface area (TPSA) is 61.5 Å². The van der Waals surface area contributed by atoms with Gasteiger partial charge in [-0.25, -0.2) is 4.79 Å². The van der Waals surface area contributed by atoms with Gasteiger partial charge in [-0.15, -0.1) is 0 Å². The second-order valence-corrected chi connectivity index (χ2v) is 4.23. The normalized spacial score (nSPS) is 10.3. The second-order valence-electron chi connectivity index (χ2n) is 4.23. The molecule has 0 aromatic heterocycles. The molecule has 2 N–H and O–H groups in total. The van der Waals surface area contributed by atoms with E-state index in [1.807, 2.05) is 6.07 Å². The van der Waals surface area contributed by atoms with Crippen LogP contribution < -0.4 is 10.5 Å². The van der Waals surface area contributed by atoms with E-state index >= 15 is 0 Å². The van der Waals surface area contributed by atoms with Crippen LogP contribution in [0.4, 0.5) is 5.69 Å². The van der Waals surface area contributed by atoms with Crippen LogP contribution in [0.5, 0.6) is 5.75 Å². The number of hydrogen-bond acceptors (Lipinski definition) is 4. The quantitative estimate of drug-likeness (QED) is 0.609. The van der Waals surface area contributed by atoms with Crippen LogP contribution in [0.1, 0.15) is 20.3 Å². The van der Waals surface area contributed by atoms with Gasteiger partial charge in [0, 0.05) is 0 Å². The van der Waals surface area contributed by atoms with Gasteiger partial charge in [-0.3, -0.25) is 0 Å². The zero-order valence-corrected chi connectivity index (χ0v) is 10.3. The number of nitrogens with two attached hydrogens (primary N) is 1. The highest BCUT2D eigenvalue weighted by Gasteiger charge is 2.06. The molecule has 1 rings (SSSR count). The van der Waals surface area contributed by atoms with Gasteiger partial charge in [0.2, 0.25) is 0 Å². The van der Waals surface area contributed by atoms with Gasteiger partial charge in [0.05, 0.1) is 12.3 Å². The lowest BCUT2D eigenvalue weighted by Crippen LogP contribution is -2.16. The monoisotopic (exact) mass is 237 g/mol. The number of benzene rings is 1. The van der Waals surface area contributed by atoms with Gasteiger partial charge < -0.3 is 15.2 Å². The molecule has 0 aliphatic rings. The molecule has 0 unspecified atom stereocenters. The average molecular weight is 237 g/mol. The predicted molar refractivity (Wildman–Crippen MR) is 66.8 cm³/mol. The van der Waals surface area contributed by atoms with E-state index in [1.165, 1.54) is 0 Å². The van der Waals surface area contributed by atoms with Gasteiger partial charge in [0.15, 0.2) is 6.61 Å². The van der Waals surface area contributed by atoms with Gasteiger partial charge in [-0.05, 0) is 24.5 Å². The fraction of sp³-hybridized carbons (Fsp3) is 0.462. The highest BCUT2D eigenvalue weighted by molar-refractivity contribution is 5.71. The van der Waals surface area contributed by atoms with E-state index in [0.29, 0.717) is 24.0 Å². The fourth-order valence-electron chi connectivity index (χ4n) is 1.20. The van der Waals surface area contributed by atoms with E-state index in [-0.39, 0.29) is 12.6 Å². The molecule has 0 fully saturated rings. The lowest BCUT2D eigenvalue weighted by atomic mass is 10.1. The zero-order valence-electron chi connectivity index (χ0n) is 10.3. The number of rotatable bonds is 6. The van der Waals surface area contributed by atoms with Crippen molar-refractivity contribution in [1.82, 2.24) is 0 Å². The first-order valence-corrected chi connectivity index (χ1v) is 5.72. The molecule has 4 heteroatoms. The molecule has 1 aromatic carbocycles. The number of anilines is 1. The summed E-state index contributed by atoms with van der Waals surface area (Å²) in [6.07, 6.45) is 0.860. The molecule has 0 aliphatic carbocycles. The first-order chi connectivity index (χ1) is 8.09. The molecule has 0 spiro atoms. The summed E-state index contributed by atoms with van der Waals surface area (Å²) in [5.41, 5.74) is 6.19. The van der Waals surface area contributed by atoms with Gasteiger partial charge in [0.25, 0.3) is 0 Å². The fourth-order valence-corrected chi connectivity index (χ4v) is 1.20. The maximum Gasteiger partial charge on any atom is 0.344 e. The summed E-state index contributed by atoms with van der Waals surface area (Å²) in [7, 11) is 0. The first kappa shape index (κ1) is 13.4. The van der Waals surface area contributed by atoms with Crippen molar-refractivity contribution in [2.24, 2.45) is 5.92 Å². The van der Waals surface area contributed by atoms with Crippen LogP contribution in [-0.2, 0) is 9.53 Å². The Kier molecular flexibility index (Phi) is 5.33. The minimum Gasteiger partial charge on any atom is -0.480 e. The van der Waals surface area contributed by atoms with Crippen molar-refractivity contribution in [1.29, 1.82) is 0 Å². The Hall–Kier alpha value is -1.71. The molecule has 0 radical (unpaired) electrons. The number of nitrogen functional groups attached to an aromatic ring is 1. The SMILES string of the molecule is CC(C)CCOC(=O)COc1ccccc1N. The molecular weight excluding hydrogens is 218 g/mol. The summed E-state index contributed by atoms with van der Waals surface area (Å²) in [5.74, 6) is 0.663. The van der Waals surface area contributed by atoms with Crippen molar-refractivity contribution < 1.29 is 14.3 Å². The van der Waals surface area contributed by atoms with Gasteiger partial charge >= 0.3 is 5.97 Å². The summed E-state index contributed by atoms with van der Waals surface area (Å²) in [4.78, 5) is 11.3. The Morgan fingerprint density at radius 2 is 2.06 bits per heavy atom. The van der Waals surface area contributed by atoms with E-state index in [1.54, 1.807) is 18.2 Å². The molecule has 94 valence electrons. The summed E-state index contributed by atoms with van der Waals surface area (Å²) >= 11 is 0. The summed E-state index contributed by atoms with van der Waals surface area (Å²) in [5, 5.41) is 0. The predicted octanol–water partition coefficient (Wildman–Crippen LogP) is 2.24. The molecule has 0 bridgehead atoms. The van der Waals surface area contributed by atoms with Crippen molar-refractivity contribution in [3.8, 4) is 5.75 Å². The van der Waals surface area contributed by atoms with E-state index in [2.05, 4.69) is 13.8 Å². The highest BCUT2D eigenvalue weighted by atomic mass is 16.6. The van der Waals surface area contributed by atoms with Gasteiger partial charge in [-0.2, -0.15) is 0 Å². The van der Waals surface area contributed by atoms with E-state index < -0.39 is 0 Å². The molecule has 0 aliphatic heterocycles. The van der Waals surface area contributed by atoms with Gasteiger partial charge in [-0.1, -0.05) is 26.0 Å². The molecule has 0 heterocycles. The van der Waals surface area contributed by atoms with Crippen molar-refractivity contribution in [3.05, 3.63) is 24.3 Å². The molecule has 17 heavy (non-hydrogen) atoms. The lowest BCUT2D eigenvalue weighted by molar-refractivity contribution is -0.146. The summed E-state index contributed by atoms with van der Waals surface area (Å²) < 4.78 is 10.3. The Morgan fingerprint density at radius 3 is 2.71 bits per heavy atom. The lowest BCUT2D eigenvalue weighted by Gasteiger charge is -2.09. The third kappa shape index (κ3) is 5.24. The molecule has 0 atom stereocenters. The average Bonchev–Trinajstić information content (AvgIpc) is 2.27. The summed E-state index contributed by atoms with van der Waals surface area (Å²) in [6, 6.07) is 7.05. The molecule has 0 saturated carbocycles. The Balaban J connectivity index is 2.26. The van der Waals surface area contributed by atoms with E-state index in [9.17, 15) is 4.79 Å². The minimum absolute atomic E-state index is 0.105. The van der Waals surface area contributed by atoms with Gasteiger partial charge in [0.1, 0.15) is 5.75 Å². The minimum atomic E-state index is -0.367. The molecule has 0 saturated heterocycles. The Labute approximate surface area is 102 Å². The largest absolute Gasteiger partial charge is 0.480 e. The van der Waals surface area contributed by atoms with Crippen LogP contribution in [0.25, 0.3) is 0 Å². The Bertz CT molecular complexity index is 363. The smallest absolute Gasteiger partial charge is 0.344 e. The number of hydrogen-bond donors (Lipinski definition) is 1. The van der Waals surface area contributed by atoms with Crippen molar-refractivity contribution in [2.45, 2.75) is 20.3 Å². The van der Waals surface area contributed by atoms with E-state index in [0.717, 1.165) is 6.42 Å². The highest BCUT2D eigenvalue weighted by Crippen LogP contribution is 2.19. The van der Waals surface area contributed by atoms with Crippen LogP contribution in [0.3, 0.4) is 0 Å². The Morgan fingerprint density at radius 1 is 1.35 bits per heavy atom. The van der Waals surface area contributed by atoms with Crippen LogP contribution in [-0.4, -0.2) is 19.2 Å². The van der Waals surface area contributed by atoms with Crippen LogP contribution >= 0.6 is 0 Å². The van der Waals surface area contributed by atoms with Crippen LogP contribution in [0, 0.1) is 5.92 Å². The molecule has 0 amide bonds. The third-order valence-corrected chi connectivity index (χ3v) is 2.22. The number of ether oxygens (including phenoxy) is 2. The van der Waals surface area contributed by atoms with Crippen LogP contribution in [0.15, 0.2) is 24.3 Å². The van der Waals surface area contributed by atoms with Crippen LogP contribution in [0.2, 0.25) is 0 Å². The molecule has 4 nitrogen and oxygen atoms in total.